The number of hydrogen-bond acceptors (Lipinski definition) is 3. The van der Waals surface area contributed by atoms with Crippen molar-refractivity contribution >= 4 is 23.6 Å². The van der Waals surface area contributed by atoms with Crippen molar-refractivity contribution in [2.45, 2.75) is 52.0 Å². The summed E-state index contributed by atoms with van der Waals surface area (Å²) in [5.74, 6) is 0.900. The van der Waals surface area contributed by atoms with Crippen LogP contribution in [0.3, 0.4) is 0 Å². The molecule has 1 heterocycles. The van der Waals surface area contributed by atoms with Gasteiger partial charge in [0.05, 0.1) is 12.0 Å². The molecular weight excluding hydrogens is 404 g/mol. The van der Waals surface area contributed by atoms with Crippen molar-refractivity contribution in [3.05, 3.63) is 29.8 Å². The van der Waals surface area contributed by atoms with E-state index in [1.165, 1.54) is 0 Å². The molecule has 1 saturated carbocycles. The second-order valence-corrected chi connectivity index (χ2v) is 9.06. The van der Waals surface area contributed by atoms with Crippen molar-refractivity contribution in [1.29, 1.82) is 0 Å². The maximum absolute atomic E-state index is 12.8. The van der Waals surface area contributed by atoms with Crippen LogP contribution in [0.2, 0.25) is 0 Å². The fraction of sp³-hybridized carbons (Fsp3) is 0.625. The summed E-state index contributed by atoms with van der Waals surface area (Å²) in [6.45, 7) is 5.49. The number of carbonyl (C=O) groups excluding carboxylic acids is 2. The van der Waals surface area contributed by atoms with Crippen LogP contribution in [-0.2, 0) is 11.3 Å². The number of aliphatic imine (C=N–C) groups is 1. The predicted octanol–water partition coefficient (Wildman–Crippen LogP) is 3.02. The van der Waals surface area contributed by atoms with Crippen LogP contribution in [0.15, 0.2) is 29.3 Å². The summed E-state index contributed by atoms with van der Waals surface area (Å²) in [4.78, 5) is 33.5. The molecule has 0 atom stereocenters. The number of carbonyl (C=O) groups is 2. The summed E-state index contributed by atoms with van der Waals surface area (Å²) in [6, 6.07) is 7.78. The van der Waals surface area contributed by atoms with E-state index in [0.717, 1.165) is 69.4 Å². The van der Waals surface area contributed by atoms with Crippen LogP contribution in [0.25, 0.3) is 0 Å². The molecule has 3 amide bonds. The molecule has 1 saturated heterocycles. The van der Waals surface area contributed by atoms with Crippen molar-refractivity contribution in [1.82, 2.24) is 20.4 Å². The summed E-state index contributed by atoms with van der Waals surface area (Å²) < 4.78 is 0. The molecule has 0 spiro atoms. The number of urea groups is 1. The van der Waals surface area contributed by atoms with Gasteiger partial charge >= 0.3 is 6.03 Å². The lowest BCUT2D eigenvalue weighted by Gasteiger charge is -2.31. The van der Waals surface area contributed by atoms with Crippen LogP contribution in [0.1, 0.15) is 51.0 Å². The Morgan fingerprint density at radius 2 is 1.81 bits per heavy atom. The third kappa shape index (κ3) is 6.14. The smallest absolute Gasteiger partial charge is 0.321 e. The molecule has 0 bridgehead atoms. The van der Waals surface area contributed by atoms with Crippen molar-refractivity contribution < 1.29 is 9.59 Å². The van der Waals surface area contributed by atoms with Crippen LogP contribution < -0.4 is 16.0 Å². The highest BCUT2D eigenvalue weighted by Crippen LogP contribution is 2.38. The fourth-order valence-corrected chi connectivity index (χ4v) is 4.63. The zero-order valence-electron chi connectivity index (χ0n) is 19.7. The van der Waals surface area contributed by atoms with E-state index >= 15 is 0 Å². The minimum Gasteiger partial charge on any atom is -0.357 e. The zero-order chi connectivity index (χ0) is 23.0. The molecule has 2 fully saturated rings. The fourth-order valence-electron chi connectivity index (χ4n) is 4.63. The Morgan fingerprint density at radius 1 is 1.09 bits per heavy atom. The van der Waals surface area contributed by atoms with Gasteiger partial charge in [-0.15, -0.1) is 0 Å². The third-order valence-electron chi connectivity index (χ3n) is 6.35. The summed E-state index contributed by atoms with van der Waals surface area (Å²) in [7, 11) is 3.66. The topological polar surface area (TPSA) is 89.1 Å². The van der Waals surface area contributed by atoms with E-state index in [2.05, 4.69) is 16.0 Å². The van der Waals surface area contributed by atoms with Gasteiger partial charge in [-0.25, -0.2) is 9.79 Å². The summed E-state index contributed by atoms with van der Waals surface area (Å²) in [5.41, 5.74) is 1.45. The number of likely N-dealkylation sites (tertiary alicyclic amines) is 1. The van der Waals surface area contributed by atoms with Crippen LogP contribution in [-0.4, -0.2) is 68.0 Å². The SMILES string of the molecule is CCNC(=NCc1cccc(NC(=O)N2CCCC2)c1)NCC1(C(=O)N(C)C)CCCC1. The van der Waals surface area contributed by atoms with Gasteiger partial charge in [-0.05, 0) is 50.3 Å². The highest BCUT2D eigenvalue weighted by Gasteiger charge is 2.42. The molecule has 0 unspecified atom stereocenters. The molecule has 1 aliphatic carbocycles. The summed E-state index contributed by atoms with van der Waals surface area (Å²) >= 11 is 0. The van der Waals surface area contributed by atoms with Gasteiger partial charge in [0.15, 0.2) is 5.96 Å². The lowest BCUT2D eigenvalue weighted by Crippen LogP contribution is -2.49. The number of rotatable bonds is 7. The van der Waals surface area contributed by atoms with E-state index in [9.17, 15) is 9.59 Å². The number of benzene rings is 1. The second kappa shape index (κ2) is 11.2. The standard InChI is InChI=1S/C24H38N6O2/c1-4-25-22(27-18-24(12-5-6-13-24)21(31)29(2)3)26-17-19-10-9-11-20(16-19)28-23(32)30-14-7-8-15-30/h9-11,16H,4-8,12-15,17-18H2,1-3H3,(H,28,32)(H2,25,26,27). The number of nitrogens with one attached hydrogen (secondary N) is 3. The maximum Gasteiger partial charge on any atom is 0.321 e. The lowest BCUT2D eigenvalue weighted by atomic mass is 9.84. The molecule has 8 nitrogen and oxygen atoms in total. The van der Waals surface area contributed by atoms with Crippen molar-refractivity contribution in [2.24, 2.45) is 10.4 Å². The summed E-state index contributed by atoms with van der Waals surface area (Å²) in [5, 5.41) is 9.68. The first-order chi connectivity index (χ1) is 15.4. The van der Waals surface area contributed by atoms with Gasteiger partial charge in [0.1, 0.15) is 0 Å². The molecule has 3 rings (SSSR count). The van der Waals surface area contributed by atoms with Gasteiger partial charge in [0.2, 0.25) is 5.91 Å². The monoisotopic (exact) mass is 442 g/mol. The van der Waals surface area contributed by atoms with E-state index < -0.39 is 0 Å². The van der Waals surface area contributed by atoms with Gasteiger partial charge < -0.3 is 25.8 Å². The van der Waals surface area contributed by atoms with Crippen LogP contribution in [0.4, 0.5) is 10.5 Å². The first-order valence-corrected chi connectivity index (χ1v) is 11.8. The molecule has 0 aromatic heterocycles. The minimum absolute atomic E-state index is 0.0365. The molecular formula is C24H38N6O2. The molecule has 32 heavy (non-hydrogen) atoms. The van der Waals surface area contributed by atoms with E-state index in [0.29, 0.717) is 19.0 Å². The zero-order valence-corrected chi connectivity index (χ0v) is 19.7. The van der Waals surface area contributed by atoms with E-state index in [1.807, 2.05) is 50.2 Å². The van der Waals surface area contributed by atoms with Crippen LogP contribution >= 0.6 is 0 Å². The lowest BCUT2D eigenvalue weighted by molar-refractivity contribution is -0.138. The summed E-state index contributed by atoms with van der Waals surface area (Å²) in [6.07, 6.45) is 6.15. The first-order valence-electron chi connectivity index (χ1n) is 11.8. The number of hydrogen-bond donors (Lipinski definition) is 3. The Balaban J connectivity index is 1.62. The number of nitrogens with zero attached hydrogens (tertiary/aromatic N) is 3. The maximum atomic E-state index is 12.8. The van der Waals surface area contributed by atoms with Gasteiger partial charge in [0.25, 0.3) is 0 Å². The minimum atomic E-state index is -0.348. The number of guanidine groups is 1. The molecule has 1 aliphatic heterocycles. The third-order valence-corrected chi connectivity index (χ3v) is 6.35. The van der Waals surface area contributed by atoms with E-state index in [-0.39, 0.29) is 17.4 Å². The van der Waals surface area contributed by atoms with Gasteiger partial charge in [-0.2, -0.15) is 0 Å². The highest BCUT2D eigenvalue weighted by atomic mass is 16.2. The Hall–Kier alpha value is -2.77. The Kier molecular flexibility index (Phi) is 8.36. The molecule has 1 aromatic rings. The molecule has 8 heteroatoms. The highest BCUT2D eigenvalue weighted by molar-refractivity contribution is 5.89. The first kappa shape index (κ1) is 23.9. The van der Waals surface area contributed by atoms with Crippen LogP contribution in [0, 0.1) is 5.41 Å². The molecule has 2 aliphatic rings. The predicted molar refractivity (Wildman–Crippen MR) is 129 cm³/mol. The molecule has 1 aromatic carbocycles. The van der Waals surface area contributed by atoms with Gasteiger partial charge in [-0.1, -0.05) is 25.0 Å². The van der Waals surface area contributed by atoms with E-state index in [1.54, 1.807) is 4.90 Å². The van der Waals surface area contributed by atoms with Crippen molar-refractivity contribution in [2.75, 3.05) is 45.6 Å². The second-order valence-electron chi connectivity index (χ2n) is 9.06. The van der Waals surface area contributed by atoms with Gasteiger partial charge in [-0.3, -0.25) is 4.79 Å². The van der Waals surface area contributed by atoms with E-state index in [4.69, 9.17) is 4.99 Å². The van der Waals surface area contributed by atoms with Crippen molar-refractivity contribution in [3.8, 4) is 0 Å². The quantitative estimate of drug-likeness (QED) is 0.447. The largest absolute Gasteiger partial charge is 0.357 e. The van der Waals surface area contributed by atoms with Crippen LogP contribution in [0.5, 0.6) is 0 Å². The molecule has 0 radical (unpaired) electrons. The average Bonchev–Trinajstić information content (AvgIpc) is 3.48. The molecule has 3 N–H and O–H groups in total. The molecule has 176 valence electrons. The Labute approximate surface area is 191 Å². The normalized spacial score (nSPS) is 17.8. The number of amides is 3. The average molecular weight is 443 g/mol. The number of anilines is 1. The van der Waals surface area contributed by atoms with Crippen molar-refractivity contribution in [3.63, 3.8) is 0 Å². The Bertz CT molecular complexity index is 810. The Morgan fingerprint density at radius 3 is 2.47 bits per heavy atom. The van der Waals surface area contributed by atoms with Gasteiger partial charge in [0, 0.05) is 46.0 Å².